The lowest BCUT2D eigenvalue weighted by Gasteiger charge is -2.35. The minimum absolute atomic E-state index is 0.158. The Kier molecular flexibility index (Phi) is 4.82. The van der Waals surface area contributed by atoms with Crippen molar-refractivity contribution in [2.75, 3.05) is 31.6 Å². The van der Waals surface area contributed by atoms with Gasteiger partial charge in [-0.2, -0.15) is 0 Å². The lowest BCUT2D eigenvalue weighted by molar-refractivity contribution is -0.141. The Bertz CT molecular complexity index is 465. The number of carbonyl (C=O) groups is 1. The predicted molar refractivity (Wildman–Crippen MR) is 79.5 cm³/mol. The molecule has 2 rings (SSSR count). The largest absolute Gasteiger partial charge is 0.469 e. The van der Waals surface area contributed by atoms with Gasteiger partial charge < -0.3 is 15.0 Å². The van der Waals surface area contributed by atoms with Crippen LogP contribution in [-0.2, 0) is 9.53 Å². The molecule has 1 saturated heterocycles. The van der Waals surface area contributed by atoms with Gasteiger partial charge in [0.2, 0.25) is 0 Å². The van der Waals surface area contributed by atoms with Crippen LogP contribution in [0.4, 0.5) is 5.69 Å². The minimum Gasteiger partial charge on any atom is -0.469 e. The number of hydrogen-bond acceptors (Lipinski definition) is 4. The third kappa shape index (κ3) is 3.70. The van der Waals surface area contributed by atoms with Crippen LogP contribution in [0.2, 0.25) is 0 Å². The van der Waals surface area contributed by atoms with E-state index < -0.39 is 0 Å². The summed E-state index contributed by atoms with van der Waals surface area (Å²) in [5, 5.41) is 3.36. The number of benzene rings is 1. The molecule has 1 unspecified atom stereocenters. The van der Waals surface area contributed by atoms with E-state index in [2.05, 4.69) is 51.3 Å². The van der Waals surface area contributed by atoms with E-state index >= 15 is 0 Å². The van der Waals surface area contributed by atoms with E-state index in [0.29, 0.717) is 6.42 Å². The van der Waals surface area contributed by atoms with Crippen molar-refractivity contribution in [1.29, 1.82) is 0 Å². The maximum atomic E-state index is 11.3. The van der Waals surface area contributed by atoms with Gasteiger partial charge in [0.15, 0.2) is 0 Å². The van der Waals surface area contributed by atoms with Crippen molar-refractivity contribution in [3.8, 4) is 0 Å². The van der Waals surface area contributed by atoms with Crippen molar-refractivity contribution >= 4 is 27.6 Å². The van der Waals surface area contributed by atoms with Gasteiger partial charge in [-0.3, -0.25) is 4.79 Å². The zero-order valence-electron chi connectivity index (χ0n) is 11.3. The standard InChI is InChI=1S/C14H19BrN2O2/c1-10-7-12(3-4-13(10)15)17-6-5-16-11(9-17)8-14(18)19-2/h3-4,7,11,16H,5-6,8-9H2,1-2H3. The van der Waals surface area contributed by atoms with Gasteiger partial charge in [-0.15, -0.1) is 0 Å². The van der Waals surface area contributed by atoms with Crippen LogP contribution >= 0.6 is 15.9 Å². The normalized spacial score (nSPS) is 19.3. The van der Waals surface area contributed by atoms with Gasteiger partial charge in [0.05, 0.1) is 13.5 Å². The van der Waals surface area contributed by atoms with E-state index in [9.17, 15) is 4.79 Å². The number of nitrogens with zero attached hydrogens (tertiary/aromatic N) is 1. The smallest absolute Gasteiger partial charge is 0.307 e. The number of ether oxygens (including phenoxy) is 1. The fourth-order valence-corrected chi connectivity index (χ4v) is 2.55. The molecule has 0 radical (unpaired) electrons. The van der Waals surface area contributed by atoms with Crippen LogP contribution in [0.25, 0.3) is 0 Å². The van der Waals surface area contributed by atoms with Crippen LogP contribution in [0.15, 0.2) is 22.7 Å². The van der Waals surface area contributed by atoms with Crippen molar-refractivity contribution in [3.63, 3.8) is 0 Å². The molecule has 0 amide bonds. The summed E-state index contributed by atoms with van der Waals surface area (Å²) < 4.78 is 5.85. The number of halogens is 1. The molecule has 1 aliphatic rings. The zero-order valence-corrected chi connectivity index (χ0v) is 12.9. The number of piperazine rings is 1. The molecule has 1 N–H and O–H groups in total. The molecule has 0 spiro atoms. The van der Waals surface area contributed by atoms with Crippen molar-refractivity contribution in [3.05, 3.63) is 28.2 Å². The SMILES string of the molecule is COC(=O)CC1CN(c2ccc(Br)c(C)c2)CCN1. The summed E-state index contributed by atoms with van der Waals surface area (Å²) in [6.45, 7) is 4.76. The first-order valence-corrected chi connectivity index (χ1v) is 7.20. The summed E-state index contributed by atoms with van der Waals surface area (Å²) in [6, 6.07) is 6.51. The summed E-state index contributed by atoms with van der Waals surface area (Å²) in [5.74, 6) is -0.161. The highest BCUT2D eigenvalue weighted by Crippen LogP contribution is 2.24. The fourth-order valence-electron chi connectivity index (χ4n) is 2.31. The van der Waals surface area contributed by atoms with Gasteiger partial charge in [-0.05, 0) is 30.7 Å². The second-order valence-corrected chi connectivity index (χ2v) is 5.67. The average molecular weight is 327 g/mol. The number of anilines is 1. The average Bonchev–Trinajstić information content (AvgIpc) is 2.42. The van der Waals surface area contributed by atoms with E-state index in [4.69, 9.17) is 4.74 Å². The monoisotopic (exact) mass is 326 g/mol. The molecule has 104 valence electrons. The van der Waals surface area contributed by atoms with Gasteiger partial charge in [-0.1, -0.05) is 15.9 Å². The molecular weight excluding hydrogens is 308 g/mol. The van der Waals surface area contributed by atoms with Crippen LogP contribution in [0.5, 0.6) is 0 Å². The third-order valence-corrected chi connectivity index (χ3v) is 4.29. The maximum absolute atomic E-state index is 11.3. The van der Waals surface area contributed by atoms with Crippen LogP contribution in [0.3, 0.4) is 0 Å². The molecule has 1 aromatic carbocycles. The van der Waals surface area contributed by atoms with Gasteiger partial charge in [-0.25, -0.2) is 0 Å². The lowest BCUT2D eigenvalue weighted by atomic mass is 10.1. The van der Waals surface area contributed by atoms with E-state index in [-0.39, 0.29) is 12.0 Å². The first kappa shape index (κ1) is 14.3. The first-order chi connectivity index (χ1) is 9.10. The molecule has 1 aliphatic heterocycles. The highest BCUT2D eigenvalue weighted by molar-refractivity contribution is 9.10. The van der Waals surface area contributed by atoms with Crippen molar-refractivity contribution in [2.45, 2.75) is 19.4 Å². The van der Waals surface area contributed by atoms with Crippen LogP contribution in [-0.4, -0.2) is 38.8 Å². The van der Waals surface area contributed by atoms with E-state index in [0.717, 1.165) is 24.1 Å². The number of hydrogen-bond donors (Lipinski definition) is 1. The number of esters is 1. The molecule has 0 saturated carbocycles. The topological polar surface area (TPSA) is 41.6 Å². The number of rotatable bonds is 3. The van der Waals surface area contributed by atoms with E-state index in [1.54, 1.807) is 0 Å². The molecule has 0 aromatic heterocycles. The Morgan fingerprint density at radius 1 is 1.58 bits per heavy atom. The molecule has 19 heavy (non-hydrogen) atoms. The Hall–Kier alpha value is -1.07. The van der Waals surface area contributed by atoms with Crippen molar-refractivity contribution in [1.82, 2.24) is 5.32 Å². The Morgan fingerprint density at radius 2 is 2.37 bits per heavy atom. The molecule has 0 bridgehead atoms. The second kappa shape index (κ2) is 6.39. The minimum atomic E-state index is -0.161. The Morgan fingerprint density at radius 3 is 3.05 bits per heavy atom. The molecule has 4 nitrogen and oxygen atoms in total. The first-order valence-electron chi connectivity index (χ1n) is 6.41. The number of nitrogens with one attached hydrogen (secondary N) is 1. The highest BCUT2D eigenvalue weighted by atomic mass is 79.9. The molecule has 1 fully saturated rings. The predicted octanol–water partition coefficient (Wildman–Crippen LogP) is 2.10. The summed E-state index contributed by atoms with van der Waals surface area (Å²) >= 11 is 3.52. The van der Waals surface area contributed by atoms with Crippen LogP contribution < -0.4 is 10.2 Å². The molecule has 1 atom stereocenters. The summed E-state index contributed by atoms with van der Waals surface area (Å²) in [6.07, 6.45) is 0.419. The Labute approximate surface area is 122 Å². The van der Waals surface area contributed by atoms with Crippen molar-refractivity contribution in [2.24, 2.45) is 0 Å². The number of carbonyl (C=O) groups excluding carboxylic acids is 1. The second-order valence-electron chi connectivity index (χ2n) is 4.81. The zero-order chi connectivity index (χ0) is 13.8. The number of methoxy groups -OCH3 is 1. The molecule has 1 aromatic rings. The fraction of sp³-hybridized carbons (Fsp3) is 0.500. The highest BCUT2D eigenvalue weighted by Gasteiger charge is 2.22. The summed E-state index contributed by atoms with van der Waals surface area (Å²) in [4.78, 5) is 13.6. The molecule has 0 aliphatic carbocycles. The van der Waals surface area contributed by atoms with Crippen LogP contribution in [0, 0.1) is 6.92 Å². The van der Waals surface area contributed by atoms with Gasteiger partial charge in [0, 0.05) is 35.8 Å². The lowest BCUT2D eigenvalue weighted by Crippen LogP contribution is -2.51. The Balaban J connectivity index is 2.04. The van der Waals surface area contributed by atoms with Gasteiger partial charge >= 0.3 is 5.97 Å². The third-order valence-electron chi connectivity index (χ3n) is 3.40. The molecular formula is C14H19BrN2O2. The summed E-state index contributed by atoms with van der Waals surface area (Å²) in [5.41, 5.74) is 2.43. The molecule has 1 heterocycles. The van der Waals surface area contributed by atoms with E-state index in [1.165, 1.54) is 18.4 Å². The maximum Gasteiger partial charge on any atom is 0.307 e. The molecule has 5 heteroatoms. The van der Waals surface area contributed by atoms with E-state index in [1.807, 2.05) is 0 Å². The quantitative estimate of drug-likeness (QED) is 0.864. The van der Waals surface area contributed by atoms with Gasteiger partial charge in [0.1, 0.15) is 0 Å². The van der Waals surface area contributed by atoms with Gasteiger partial charge in [0.25, 0.3) is 0 Å². The van der Waals surface area contributed by atoms with Crippen LogP contribution in [0.1, 0.15) is 12.0 Å². The number of aryl methyl sites for hydroxylation is 1. The summed E-state index contributed by atoms with van der Waals surface area (Å²) in [7, 11) is 1.43. The van der Waals surface area contributed by atoms with Crippen molar-refractivity contribution < 1.29 is 9.53 Å².